The molecular formula is C38H48O6P2. The molecule has 4 rings (SSSR count). The first-order valence-corrected chi connectivity index (χ1v) is 17.5. The van der Waals surface area contributed by atoms with Crippen molar-refractivity contribution < 1.29 is 28.4 Å². The number of hydrogen-bond donors (Lipinski definition) is 0. The lowest BCUT2D eigenvalue weighted by Gasteiger charge is -2.25. The van der Waals surface area contributed by atoms with Gasteiger partial charge in [0.1, 0.15) is 34.5 Å². The fourth-order valence-electron chi connectivity index (χ4n) is 6.23. The Morgan fingerprint density at radius 1 is 0.435 bits per heavy atom. The smallest absolute Gasteiger partial charge is 0.131 e. The predicted molar refractivity (Wildman–Crippen MR) is 196 cm³/mol. The fourth-order valence-corrected chi connectivity index (χ4v) is 9.06. The van der Waals surface area contributed by atoms with Crippen LogP contribution < -0.4 is 39.0 Å². The molecule has 6 nitrogen and oxygen atoms in total. The molecule has 0 amide bonds. The van der Waals surface area contributed by atoms with E-state index >= 15 is 0 Å². The van der Waals surface area contributed by atoms with Gasteiger partial charge in [-0.25, -0.2) is 0 Å². The van der Waals surface area contributed by atoms with E-state index in [1.54, 1.807) is 42.7 Å². The molecule has 0 saturated heterocycles. The van der Waals surface area contributed by atoms with Gasteiger partial charge in [0.2, 0.25) is 0 Å². The van der Waals surface area contributed by atoms with Gasteiger partial charge in [0.15, 0.2) is 0 Å². The van der Waals surface area contributed by atoms with Crippen LogP contribution in [0.5, 0.6) is 34.5 Å². The van der Waals surface area contributed by atoms with Crippen LogP contribution in [0, 0.1) is 27.7 Å². The van der Waals surface area contributed by atoms with Gasteiger partial charge >= 0.3 is 0 Å². The van der Waals surface area contributed by atoms with E-state index in [1.807, 2.05) is 12.1 Å². The minimum Gasteiger partial charge on any atom is -0.497 e. The van der Waals surface area contributed by atoms with Crippen LogP contribution in [-0.4, -0.2) is 42.7 Å². The van der Waals surface area contributed by atoms with Crippen molar-refractivity contribution in [1.29, 1.82) is 0 Å². The normalized spacial score (nSPS) is 12.9. The molecular weight excluding hydrogens is 614 g/mol. The van der Waals surface area contributed by atoms with E-state index in [9.17, 15) is 0 Å². The molecule has 4 aromatic rings. The molecule has 0 spiro atoms. The van der Waals surface area contributed by atoms with Gasteiger partial charge in [-0.3, -0.25) is 0 Å². The second-order valence-corrected chi connectivity index (χ2v) is 15.0. The summed E-state index contributed by atoms with van der Waals surface area (Å²) < 4.78 is 35.1. The van der Waals surface area contributed by atoms with Crippen LogP contribution in [-0.2, 0) is 0 Å². The molecule has 8 heteroatoms. The summed E-state index contributed by atoms with van der Waals surface area (Å²) in [6.45, 7) is 13.0. The van der Waals surface area contributed by atoms with E-state index in [4.69, 9.17) is 28.4 Å². The molecule has 246 valence electrons. The molecule has 0 aromatic heterocycles. The van der Waals surface area contributed by atoms with Crippen molar-refractivity contribution in [2.24, 2.45) is 0 Å². The van der Waals surface area contributed by atoms with Crippen molar-refractivity contribution in [3.63, 3.8) is 0 Å². The Morgan fingerprint density at radius 2 is 0.761 bits per heavy atom. The SMILES string of the molecule is COc1cc(OC)c(-c2c(OC)cc(OC)cc2PC(C)c2cc(C)c(OC)c(C)c2)c(PC(C)c2cc(C)c(OC)c(C)c2)c1. The molecule has 4 aromatic carbocycles. The summed E-state index contributed by atoms with van der Waals surface area (Å²) in [6.07, 6.45) is 0. The molecule has 0 heterocycles. The first kappa shape index (κ1) is 35.4. The van der Waals surface area contributed by atoms with Gasteiger partial charge in [0, 0.05) is 34.6 Å². The highest BCUT2D eigenvalue weighted by Crippen LogP contribution is 2.48. The zero-order valence-corrected chi connectivity index (χ0v) is 31.2. The molecule has 0 aliphatic heterocycles. The maximum absolute atomic E-state index is 6.11. The van der Waals surface area contributed by atoms with Gasteiger partial charge in [-0.1, -0.05) is 55.3 Å². The van der Waals surface area contributed by atoms with Crippen LogP contribution in [0.15, 0.2) is 48.5 Å². The molecule has 0 bridgehead atoms. The summed E-state index contributed by atoms with van der Waals surface area (Å²) in [5.74, 6) is 4.88. The van der Waals surface area contributed by atoms with Crippen molar-refractivity contribution >= 4 is 27.8 Å². The zero-order valence-electron chi connectivity index (χ0n) is 29.2. The predicted octanol–water partition coefficient (Wildman–Crippen LogP) is 8.77. The average Bonchev–Trinajstić information content (AvgIpc) is 3.03. The van der Waals surface area contributed by atoms with Gasteiger partial charge in [-0.05, 0) is 83.8 Å². The first-order valence-electron chi connectivity index (χ1n) is 15.4. The Kier molecular flexibility index (Phi) is 11.9. The average molecular weight is 663 g/mol. The molecule has 46 heavy (non-hydrogen) atoms. The molecule has 0 aliphatic rings. The maximum atomic E-state index is 6.11. The Bertz CT molecular complexity index is 1530. The van der Waals surface area contributed by atoms with E-state index in [0.29, 0.717) is 17.2 Å². The Labute approximate surface area is 278 Å². The molecule has 0 fully saturated rings. The van der Waals surface area contributed by atoms with Gasteiger partial charge in [-0.2, -0.15) is 0 Å². The second kappa shape index (κ2) is 15.4. The van der Waals surface area contributed by atoms with E-state index in [2.05, 4.69) is 77.9 Å². The van der Waals surface area contributed by atoms with Crippen LogP contribution in [0.4, 0.5) is 0 Å². The quantitative estimate of drug-likeness (QED) is 0.134. The van der Waals surface area contributed by atoms with Crippen LogP contribution in [0.2, 0.25) is 0 Å². The molecule has 0 aliphatic carbocycles. The van der Waals surface area contributed by atoms with E-state index in [0.717, 1.165) is 78.5 Å². The van der Waals surface area contributed by atoms with E-state index < -0.39 is 0 Å². The monoisotopic (exact) mass is 662 g/mol. The summed E-state index contributed by atoms with van der Waals surface area (Å²) in [5, 5.41) is 2.29. The standard InChI is InChI=1S/C38H48O6P2/c1-21-13-27(14-22(2)37(21)43-11)25(5)45-33-19-29(39-7)17-31(41-9)35(33)36-32(42-10)18-30(40-8)20-34(36)46-26(6)28-15-23(3)38(44-12)24(4)16-28/h13-20,25-26,45-46H,1-12H3. The van der Waals surface area contributed by atoms with Crippen molar-refractivity contribution in [1.82, 2.24) is 0 Å². The summed E-state index contributed by atoms with van der Waals surface area (Å²) in [7, 11) is 11.1. The highest BCUT2D eigenvalue weighted by molar-refractivity contribution is 7.49. The van der Waals surface area contributed by atoms with Gasteiger partial charge in [-0.15, -0.1) is 0 Å². The third-order valence-corrected chi connectivity index (χ3v) is 11.4. The molecule has 0 saturated carbocycles. The Morgan fingerprint density at radius 3 is 1.02 bits per heavy atom. The number of aryl methyl sites for hydroxylation is 4. The van der Waals surface area contributed by atoms with Gasteiger partial charge < -0.3 is 28.4 Å². The van der Waals surface area contributed by atoms with Gasteiger partial charge in [0.05, 0.1) is 42.7 Å². The summed E-state index contributed by atoms with van der Waals surface area (Å²) in [5.41, 5.74) is 9.59. The largest absolute Gasteiger partial charge is 0.497 e. The number of ether oxygens (including phenoxy) is 6. The molecule has 0 N–H and O–H groups in total. The minimum absolute atomic E-state index is 0.234. The first-order chi connectivity index (χ1) is 22.0. The number of rotatable bonds is 13. The van der Waals surface area contributed by atoms with Crippen molar-refractivity contribution in [2.45, 2.75) is 52.9 Å². The lowest BCUT2D eigenvalue weighted by Crippen LogP contribution is -2.13. The van der Waals surface area contributed by atoms with Crippen LogP contribution in [0.25, 0.3) is 11.1 Å². The second-order valence-electron chi connectivity index (χ2n) is 11.6. The lowest BCUT2D eigenvalue weighted by molar-refractivity contribution is 0.392. The molecule has 0 radical (unpaired) electrons. The Balaban J connectivity index is 1.91. The summed E-state index contributed by atoms with van der Waals surface area (Å²) in [4.78, 5) is 0. The van der Waals surface area contributed by atoms with Crippen LogP contribution in [0.3, 0.4) is 0 Å². The van der Waals surface area contributed by atoms with Crippen molar-refractivity contribution in [3.8, 4) is 45.6 Å². The van der Waals surface area contributed by atoms with E-state index in [1.165, 1.54) is 11.1 Å². The number of methoxy groups -OCH3 is 6. The summed E-state index contributed by atoms with van der Waals surface area (Å²) >= 11 is 0. The maximum Gasteiger partial charge on any atom is 0.131 e. The third kappa shape index (κ3) is 7.40. The third-order valence-electron chi connectivity index (χ3n) is 8.43. The zero-order chi connectivity index (χ0) is 33.7. The highest BCUT2D eigenvalue weighted by Gasteiger charge is 2.25. The van der Waals surface area contributed by atoms with E-state index in [-0.39, 0.29) is 11.3 Å². The number of hydrogen-bond acceptors (Lipinski definition) is 6. The van der Waals surface area contributed by atoms with Crippen molar-refractivity contribution in [3.05, 3.63) is 81.9 Å². The molecule has 4 unspecified atom stereocenters. The van der Waals surface area contributed by atoms with Crippen LogP contribution >= 0.6 is 17.2 Å². The minimum atomic E-state index is 0.234. The topological polar surface area (TPSA) is 55.4 Å². The highest BCUT2D eigenvalue weighted by atomic mass is 31.1. The summed E-state index contributed by atoms with van der Waals surface area (Å²) in [6, 6.07) is 17.2. The van der Waals surface area contributed by atoms with Gasteiger partial charge in [0.25, 0.3) is 0 Å². The van der Waals surface area contributed by atoms with Crippen LogP contribution in [0.1, 0.15) is 58.5 Å². The fraction of sp³-hybridized carbons (Fsp3) is 0.368. The Hall–Kier alpha value is -3.46. The van der Waals surface area contributed by atoms with Crippen molar-refractivity contribution in [2.75, 3.05) is 42.7 Å². The number of benzene rings is 4. The molecule has 4 atom stereocenters. The lowest BCUT2D eigenvalue weighted by atomic mass is 10.0.